The van der Waals surface area contributed by atoms with E-state index in [0.29, 0.717) is 17.2 Å². The van der Waals surface area contributed by atoms with Crippen molar-refractivity contribution >= 4 is 21.8 Å². The van der Waals surface area contributed by atoms with Gasteiger partial charge in [-0.25, -0.2) is 4.98 Å². The van der Waals surface area contributed by atoms with Crippen LogP contribution in [0.1, 0.15) is 11.3 Å². The molecular formula is C23H17F4N3O5S. The second-order valence-electron chi connectivity index (χ2n) is 7.69. The van der Waals surface area contributed by atoms with Gasteiger partial charge in [-0.1, -0.05) is 30.3 Å². The average Bonchev–Trinajstić information content (AvgIpc) is 3.25. The van der Waals surface area contributed by atoms with Crippen molar-refractivity contribution in [1.29, 1.82) is 0 Å². The molecule has 0 saturated carbocycles. The third-order valence-corrected chi connectivity index (χ3v) is 6.36. The van der Waals surface area contributed by atoms with Crippen molar-refractivity contribution in [3.05, 3.63) is 66.0 Å². The molecule has 0 amide bonds. The molecule has 0 spiro atoms. The van der Waals surface area contributed by atoms with Gasteiger partial charge in [0.05, 0.1) is 46.6 Å². The van der Waals surface area contributed by atoms with Crippen LogP contribution in [0.4, 0.5) is 17.6 Å². The zero-order valence-corrected chi connectivity index (χ0v) is 19.3. The molecule has 2 aromatic carbocycles. The molecule has 5 rings (SSSR count). The highest BCUT2D eigenvalue weighted by molar-refractivity contribution is 7.84. The summed E-state index contributed by atoms with van der Waals surface area (Å²) in [6, 6.07) is 13.1. The van der Waals surface area contributed by atoms with Crippen molar-refractivity contribution in [1.82, 2.24) is 15.0 Å². The van der Waals surface area contributed by atoms with Crippen molar-refractivity contribution < 1.29 is 40.7 Å². The molecule has 1 aliphatic rings. The van der Waals surface area contributed by atoms with Crippen molar-refractivity contribution in [3.63, 3.8) is 0 Å². The first-order chi connectivity index (χ1) is 17.1. The van der Waals surface area contributed by atoms with Crippen LogP contribution < -0.4 is 18.9 Å². The average molecular weight is 523 g/mol. The number of imidazole rings is 1. The summed E-state index contributed by atoms with van der Waals surface area (Å²) >= 11 is 0. The number of hydrogen-bond donors (Lipinski definition) is 1. The number of aromatic nitrogens is 3. The molecule has 1 N–H and O–H groups in total. The maximum atomic E-state index is 13.5. The van der Waals surface area contributed by atoms with Crippen molar-refractivity contribution in [2.24, 2.45) is 0 Å². The number of nitrogens with zero attached hydrogens (tertiary/aromatic N) is 2. The van der Waals surface area contributed by atoms with Gasteiger partial charge in [0, 0.05) is 18.2 Å². The Hall–Kier alpha value is -3.87. The monoisotopic (exact) mass is 523 g/mol. The van der Waals surface area contributed by atoms with Crippen LogP contribution in [0.3, 0.4) is 0 Å². The molecule has 4 aromatic rings. The lowest BCUT2D eigenvalue weighted by molar-refractivity contribution is -0.391. The lowest BCUT2D eigenvalue weighted by Gasteiger charge is -2.31. The van der Waals surface area contributed by atoms with E-state index in [-0.39, 0.29) is 28.5 Å². The van der Waals surface area contributed by atoms with Gasteiger partial charge in [-0.15, -0.1) is 0 Å². The van der Waals surface area contributed by atoms with Crippen molar-refractivity contribution in [2.45, 2.75) is 29.7 Å². The van der Waals surface area contributed by atoms with E-state index in [0.717, 1.165) is 17.7 Å². The van der Waals surface area contributed by atoms with Crippen LogP contribution >= 0.6 is 0 Å². The molecule has 0 bridgehead atoms. The van der Waals surface area contributed by atoms with E-state index >= 15 is 0 Å². The van der Waals surface area contributed by atoms with Crippen LogP contribution in [0.5, 0.6) is 23.0 Å². The minimum Gasteiger partial charge on any atom is -0.491 e. The quantitative estimate of drug-likeness (QED) is 0.348. The summed E-state index contributed by atoms with van der Waals surface area (Å²) in [5.74, 6) is -0.495. The fraction of sp³-hybridized carbons (Fsp3) is 0.217. The molecule has 0 aliphatic carbocycles. The predicted molar refractivity (Wildman–Crippen MR) is 119 cm³/mol. The summed E-state index contributed by atoms with van der Waals surface area (Å²) in [5.41, 5.74) is 1.57. The number of fused-ring (bicyclic) bond motifs is 2. The summed E-state index contributed by atoms with van der Waals surface area (Å²) in [4.78, 5) is 11.1. The van der Waals surface area contributed by atoms with Crippen molar-refractivity contribution in [2.75, 3.05) is 7.11 Å². The third kappa shape index (κ3) is 4.53. The fourth-order valence-electron chi connectivity index (χ4n) is 3.40. The molecule has 1 unspecified atom stereocenters. The Morgan fingerprint density at radius 1 is 1.00 bits per heavy atom. The van der Waals surface area contributed by atoms with Gasteiger partial charge in [-0.2, -0.15) is 17.6 Å². The molecule has 1 atom stereocenters. The summed E-state index contributed by atoms with van der Waals surface area (Å²) in [5, 5.41) is -0.0183. The molecule has 0 saturated heterocycles. The molecule has 36 heavy (non-hydrogen) atoms. The van der Waals surface area contributed by atoms with E-state index in [1.807, 2.05) is 30.3 Å². The smallest absolute Gasteiger partial charge is 0.491 e. The van der Waals surface area contributed by atoms with E-state index < -0.39 is 34.5 Å². The largest absolute Gasteiger partial charge is 0.507 e. The second-order valence-corrected chi connectivity index (χ2v) is 9.05. The van der Waals surface area contributed by atoms with Gasteiger partial charge in [0.1, 0.15) is 6.61 Å². The van der Waals surface area contributed by atoms with Gasteiger partial charge >= 0.3 is 12.2 Å². The Morgan fingerprint density at radius 3 is 2.39 bits per heavy atom. The third-order valence-electron chi connectivity index (χ3n) is 5.18. The number of hydrogen-bond acceptors (Lipinski definition) is 7. The Labute approximate surface area is 203 Å². The Balaban J connectivity index is 1.36. The lowest BCUT2D eigenvalue weighted by atomic mass is 10.2. The number of ether oxygens (including phenoxy) is 4. The number of methoxy groups -OCH3 is 1. The van der Waals surface area contributed by atoms with Crippen LogP contribution in [0, 0.1) is 0 Å². The van der Waals surface area contributed by atoms with E-state index in [1.165, 1.54) is 13.3 Å². The molecule has 0 radical (unpaired) electrons. The fourth-order valence-corrected chi connectivity index (χ4v) is 4.39. The highest BCUT2D eigenvalue weighted by atomic mass is 32.2. The van der Waals surface area contributed by atoms with Crippen LogP contribution in [0.15, 0.2) is 59.9 Å². The molecule has 188 valence electrons. The van der Waals surface area contributed by atoms with Gasteiger partial charge in [0.15, 0.2) is 28.2 Å². The number of pyridine rings is 1. The lowest BCUT2D eigenvalue weighted by Crippen LogP contribution is -2.52. The van der Waals surface area contributed by atoms with Crippen molar-refractivity contribution in [3.8, 4) is 23.0 Å². The number of alkyl halides is 4. The Morgan fingerprint density at radius 2 is 1.69 bits per heavy atom. The number of rotatable bonds is 7. The summed E-state index contributed by atoms with van der Waals surface area (Å²) in [6.07, 6.45) is -8.26. The molecular weight excluding hydrogens is 506 g/mol. The number of nitrogens with one attached hydrogen (secondary N) is 1. The number of aromatic amines is 1. The minimum absolute atomic E-state index is 0.0183. The number of H-pyrrole nitrogens is 1. The Bertz CT molecular complexity index is 1400. The minimum atomic E-state index is -4.85. The summed E-state index contributed by atoms with van der Waals surface area (Å²) in [6.45, 7) is 0.278. The maximum absolute atomic E-state index is 13.5. The Kier molecular flexibility index (Phi) is 5.94. The number of benzene rings is 2. The second kappa shape index (κ2) is 8.97. The molecule has 2 aromatic heterocycles. The van der Waals surface area contributed by atoms with Crippen LogP contribution in [0.25, 0.3) is 11.0 Å². The van der Waals surface area contributed by atoms with Crippen LogP contribution in [-0.2, 0) is 23.2 Å². The van der Waals surface area contributed by atoms with Crippen LogP contribution in [0.2, 0.25) is 0 Å². The molecule has 1 aliphatic heterocycles. The highest BCUT2D eigenvalue weighted by Gasteiger charge is 2.66. The SMILES string of the molecule is COc1cnc(CS(=O)c2nc3cc4c(cc3[nH]2)OC(F)(F)C(F)(F)O4)cc1OCc1ccccc1. The van der Waals surface area contributed by atoms with Gasteiger partial charge in [0.2, 0.25) is 0 Å². The molecule has 13 heteroatoms. The first-order valence-corrected chi connectivity index (χ1v) is 11.7. The topological polar surface area (TPSA) is 95.6 Å². The van der Waals surface area contributed by atoms with E-state index in [4.69, 9.17) is 9.47 Å². The van der Waals surface area contributed by atoms with Gasteiger partial charge < -0.3 is 23.9 Å². The maximum Gasteiger partial charge on any atom is 0.507 e. The van der Waals surface area contributed by atoms with E-state index in [9.17, 15) is 21.8 Å². The summed E-state index contributed by atoms with van der Waals surface area (Å²) < 4.78 is 86.2. The molecule has 3 heterocycles. The number of halogens is 4. The predicted octanol–water partition coefficient (Wildman–Crippen LogP) is 4.81. The van der Waals surface area contributed by atoms with Gasteiger partial charge in [-0.05, 0) is 5.56 Å². The normalized spacial score (nSPS) is 16.5. The standard InChI is InChI=1S/C23H17F4N3O5S/c1-32-20-10-28-14(7-17(20)33-11-13-5-3-2-4-6-13)12-36(31)21-29-15-8-18-19(9-16(15)30-21)35-23(26,27)22(24,25)34-18/h2-10H,11-12H2,1H3,(H,29,30). The first-order valence-electron chi connectivity index (χ1n) is 10.4. The zero-order valence-electron chi connectivity index (χ0n) is 18.5. The first kappa shape index (κ1) is 23.9. The molecule has 8 nitrogen and oxygen atoms in total. The van der Waals surface area contributed by atoms with E-state index in [2.05, 4.69) is 24.4 Å². The van der Waals surface area contributed by atoms with Gasteiger partial charge in [0.25, 0.3) is 0 Å². The zero-order chi connectivity index (χ0) is 25.5. The van der Waals surface area contributed by atoms with E-state index in [1.54, 1.807) is 6.07 Å². The highest BCUT2D eigenvalue weighted by Crippen LogP contribution is 2.47. The van der Waals surface area contributed by atoms with Gasteiger partial charge in [-0.3, -0.25) is 9.19 Å². The molecule has 0 fully saturated rings. The summed E-state index contributed by atoms with van der Waals surface area (Å²) in [7, 11) is -0.290. The van der Waals surface area contributed by atoms with Crippen LogP contribution in [-0.4, -0.2) is 38.5 Å².